The summed E-state index contributed by atoms with van der Waals surface area (Å²) in [5.41, 5.74) is 3.21. The molecule has 2 aliphatic rings. The van der Waals surface area contributed by atoms with Crippen LogP contribution in [0.4, 0.5) is 13.2 Å². The van der Waals surface area contributed by atoms with Gasteiger partial charge in [-0.2, -0.15) is 13.2 Å². The van der Waals surface area contributed by atoms with Gasteiger partial charge in [-0.3, -0.25) is 0 Å². The van der Waals surface area contributed by atoms with Gasteiger partial charge in [-0.05, 0) is 39.5 Å². The van der Waals surface area contributed by atoms with E-state index in [4.69, 9.17) is 9.72 Å². The lowest BCUT2D eigenvalue weighted by atomic mass is 9.72. The molecule has 1 saturated carbocycles. The number of nitrogens with zero attached hydrogens (tertiary/aromatic N) is 4. The number of hydrogen-bond donors (Lipinski definition) is 0. The number of ether oxygens (including phenoxy) is 1. The van der Waals surface area contributed by atoms with Crippen LogP contribution in [0.2, 0.25) is 0 Å². The molecule has 1 aliphatic heterocycles. The SMILES string of the molecule is Cc1nc2nc(C3CCOCC3)nc(C3CC(C(F)(F)F)C3)c2nc1C. The number of hydrogen-bond acceptors (Lipinski definition) is 5. The van der Waals surface area contributed by atoms with Gasteiger partial charge in [0, 0.05) is 25.0 Å². The lowest BCUT2D eigenvalue weighted by Crippen LogP contribution is -2.35. The highest BCUT2D eigenvalue weighted by molar-refractivity contribution is 5.73. The third kappa shape index (κ3) is 3.15. The zero-order valence-corrected chi connectivity index (χ0v) is 14.8. The fourth-order valence-corrected chi connectivity index (χ4v) is 3.68. The van der Waals surface area contributed by atoms with Gasteiger partial charge in [0.15, 0.2) is 5.65 Å². The predicted octanol–water partition coefficient (Wildman–Crippen LogP) is 3.99. The summed E-state index contributed by atoms with van der Waals surface area (Å²) in [6, 6.07) is 0. The Kier molecular flexibility index (Phi) is 4.33. The largest absolute Gasteiger partial charge is 0.391 e. The van der Waals surface area contributed by atoms with Crippen molar-refractivity contribution in [1.29, 1.82) is 0 Å². The van der Waals surface area contributed by atoms with Gasteiger partial charge >= 0.3 is 6.18 Å². The monoisotopic (exact) mass is 366 g/mol. The zero-order valence-electron chi connectivity index (χ0n) is 14.8. The summed E-state index contributed by atoms with van der Waals surface area (Å²) in [6.45, 7) is 5.01. The van der Waals surface area contributed by atoms with Crippen LogP contribution in [0, 0.1) is 19.8 Å². The van der Waals surface area contributed by atoms with E-state index >= 15 is 0 Å². The molecule has 0 bridgehead atoms. The number of rotatable bonds is 2. The van der Waals surface area contributed by atoms with Crippen LogP contribution < -0.4 is 0 Å². The molecule has 5 nitrogen and oxygen atoms in total. The normalized spacial score (nSPS) is 24.7. The Labute approximate surface area is 149 Å². The first kappa shape index (κ1) is 17.6. The van der Waals surface area contributed by atoms with E-state index in [1.54, 1.807) is 0 Å². The van der Waals surface area contributed by atoms with Crippen molar-refractivity contribution in [1.82, 2.24) is 19.9 Å². The minimum Gasteiger partial charge on any atom is -0.381 e. The van der Waals surface area contributed by atoms with Gasteiger partial charge in [0.2, 0.25) is 0 Å². The van der Waals surface area contributed by atoms with E-state index in [0.29, 0.717) is 35.9 Å². The molecule has 4 rings (SSSR count). The average molecular weight is 366 g/mol. The predicted molar refractivity (Wildman–Crippen MR) is 88.9 cm³/mol. The van der Waals surface area contributed by atoms with Crippen molar-refractivity contribution in [2.75, 3.05) is 13.2 Å². The highest BCUT2D eigenvalue weighted by Crippen LogP contribution is 2.50. The first-order valence-corrected chi connectivity index (χ1v) is 9.00. The average Bonchev–Trinajstić information content (AvgIpc) is 2.54. The number of halogens is 3. The second kappa shape index (κ2) is 6.40. The number of alkyl halides is 3. The van der Waals surface area contributed by atoms with E-state index in [-0.39, 0.29) is 24.7 Å². The van der Waals surface area contributed by atoms with Crippen LogP contribution in [0.5, 0.6) is 0 Å². The Morgan fingerprint density at radius 3 is 2.19 bits per heavy atom. The maximum atomic E-state index is 12.9. The van der Waals surface area contributed by atoms with Gasteiger partial charge in [0.05, 0.1) is 23.0 Å². The lowest BCUT2D eigenvalue weighted by molar-refractivity contribution is -0.197. The molecule has 8 heteroatoms. The zero-order chi connectivity index (χ0) is 18.5. The summed E-state index contributed by atoms with van der Waals surface area (Å²) in [7, 11) is 0. The van der Waals surface area contributed by atoms with E-state index in [2.05, 4.69) is 15.0 Å². The van der Waals surface area contributed by atoms with Crippen molar-refractivity contribution < 1.29 is 17.9 Å². The molecule has 0 spiro atoms. The van der Waals surface area contributed by atoms with Crippen LogP contribution in [0.1, 0.15) is 60.4 Å². The van der Waals surface area contributed by atoms with Crippen LogP contribution >= 0.6 is 0 Å². The van der Waals surface area contributed by atoms with Crippen LogP contribution in [0.25, 0.3) is 11.2 Å². The maximum Gasteiger partial charge on any atom is 0.391 e. The van der Waals surface area contributed by atoms with E-state index in [1.165, 1.54) is 0 Å². The Morgan fingerprint density at radius 1 is 0.885 bits per heavy atom. The summed E-state index contributed by atoms with van der Waals surface area (Å²) in [5, 5.41) is 0. The molecular weight excluding hydrogens is 345 g/mol. The second-order valence-electron chi connectivity index (χ2n) is 7.33. The Hall–Kier alpha value is -1.83. The summed E-state index contributed by atoms with van der Waals surface area (Å²) in [4.78, 5) is 18.4. The van der Waals surface area contributed by atoms with Crippen molar-refractivity contribution in [3.63, 3.8) is 0 Å². The van der Waals surface area contributed by atoms with E-state index in [9.17, 15) is 13.2 Å². The minimum atomic E-state index is -4.14. The Balaban J connectivity index is 1.75. The summed E-state index contributed by atoms with van der Waals surface area (Å²) in [5.74, 6) is -0.650. The molecule has 0 radical (unpaired) electrons. The third-order valence-electron chi connectivity index (χ3n) is 5.56. The van der Waals surface area contributed by atoms with E-state index in [0.717, 1.165) is 24.2 Å². The summed E-state index contributed by atoms with van der Waals surface area (Å²) in [6.07, 6.45) is -2.37. The first-order valence-electron chi connectivity index (χ1n) is 9.00. The molecule has 26 heavy (non-hydrogen) atoms. The van der Waals surface area contributed by atoms with Gasteiger partial charge in [-0.1, -0.05) is 0 Å². The molecule has 3 heterocycles. The van der Waals surface area contributed by atoms with Crippen molar-refractivity contribution in [3.05, 3.63) is 22.9 Å². The maximum absolute atomic E-state index is 12.9. The number of fused-ring (bicyclic) bond motifs is 1. The standard InChI is InChI=1S/C18H21F3N4O/c1-9-10(2)23-17-15(22-9)14(12-7-13(8-12)18(19,20)21)24-16(25-17)11-3-5-26-6-4-11/h11-13H,3-8H2,1-2H3. The van der Waals surface area contributed by atoms with Crippen molar-refractivity contribution >= 4 is 11.2 Å². The highest BCUT2D eigenvalue weighted by atomic mass is 19.4. The van der Waals surface area contributed by atoms with E-state index in [1.807, 2.05) is 13.8 Å². The fraction of sp³-hybridized carbons (Fsp3) is 0.667. The molecule has 2 aromatic heterocycles. The van der Waals surface area contributed by atoms with Gasteiger partial charge in [-0.15, -0.1) is 0 Å². The van der Waals surface area contributed by atoms with Gasteiger partial charge in [0.25, 0.3) is 0 Å². The molecule has 1 saturated heterocycles. The molecule has 0 unspecified atom stereocenters. The molecule has 2 fully saturated rings. The van der Waals surface area contributed by atoms with Crippen molar-refractivity contribution in [2.24, 2.45) is 5.92 Å². The molecule has 2 aromatic rings. The summed E-state index contributed by atoms with van der Waals surface area (Å²) >= 11 is 0. The minimum absolute atomic E-state index is 0.0669. The first-order chi connectivity index (χ1) is 12.3. The molecule has 0 amide bonds. The number of aryl methyl sites for hydroxylation is 2. The Bertz CT molecular complexity index is 827. The van der Waals surface area contributed by atoms with Crippen LogP contribution in [0.15, 0.2) is 0 Å². The van der Waals surface area contributed by atoms with Crippen molar-refractivity contribution in [3.8, 4) is 0 Å². The molecule has 0 N–H and O–H groups in total. The molecule has 0 atom stereocenters. The topological polar surface area (TPSA) is 60.8 Å². The van der Waals surface area contributed by atoms with Gasteiger partial charge < -0.3 is 4.74 Å². The van der Waals surface area contributed by atoms with Crippen LogP contribution in [-0.2, 0) is 4.74 Å². The smallest absolute Gasteiger partial charge is 0.381 e. The second-order valence-corrected chi connectivity index (χ2v) is 7.33. The molecule has 0 aromatic carbocycles. The van der Waals surface area contributed by atoms with Gasteiger partial charge in [0.1, 0.15) is 11.3 Å². The fourth-order valence-electron chi connectivity index (χ4n) is 3.68. The molecule has 1 aliphatic carbocycles. The quantitative estimate of drug-likeness (QED) is 0.804. The van der Waals surface area contributed by atoms with E-state index < -0.39 is 12.1 Å². The van der Waals surface area contributed by atoms with Crippen LogP contribution in [-0.4, -0.2) is 39.3 Å². The van der Waals surface area contributed by atoms with Gasteiger partial charge in [-0.25, -0.2) is 19.9 Å². The van der Waals surface area contributed by atoms with Crippen molar-refractivity contribution in [2.45, 2.75) is 57.5 Å². The Morgan fingerprint density at radius 2 is 1.54 bits per heavy atom. The highest BCUT2D eigenvalue weighted by Gasteiger charge is 2.49. The third-order valence-corrected chi connectivity index (χ3v) is 5.56. The summed E-state index contributed by atoms with van der Waals surface area (Å²) < 4.78 is 44.1. The molecule has 140 valence electrons. The molecular formula is C18H21F3N4O. The van der Waals surface area contributed by atoms with Crippen LogP contribution in [0.3, 0.4) is 0 Å². The lowest BCUT2D eigenvalue weighted by Gasteiger charge is -2.36. The number of aromatic nitrogens is 4.